The molecule has 2 aromatic carbocycles. The third kappa shape index (κ3) is 7.48. The Morgan fingerprint density at radius 1 is 1.05 bits per heavy atom. The molecular weight excluding hydrogens is 561 g/mol. The Balaban J connectivity index is 1.63. The zero-order valence-corrected chi connectivity index (χ0v) is 24.1. The third-order valence-electron chi connectivity index (χ3n) is 6.56. The molecule has 43 heavy (non-hydrogen) atoms. The molecule has 0 unspecified atom stereocenters. The van der Waals surface area contributed by atoms with Crippen LogP contribution in [0.4, 0.5) is 24.7 Å². The van der Waals surface area contributed by atoms with Gasteiger partial charge in [0.05, 0.1) is 11.3 Å². The average Bonchev–Trinajstić information content (AvgIpc) is 2.97. The van der Waals surface area contributed by atoms with Crippen molar-refractivity contribution < 1.29 is 32.6 Å². The molecule has 8 nitrogen and oxygen atoms in total. The highest BCUT2D eigenvalue weighted by molar-refractivity contribution is 6.09. The Bertz CT molecular complexity index is 1620. The number of alkyl halides is 3. The van der Waals surface area contributed by atoms with E-state index in [4.69, 9.17) is 4.74 Å². The smallest absolute Gasteiger partial charge is 0.421 e. The number of hydrogen-bond acceptors (Lipinski definition) is 6. The van der Waals surface area contributed by atoms with E-state index in [2.05, 4.69) is 15.3 Å². The van der Waals surface area contributed by atoms with E-state index in [1.807, 2.05) is 19.9 Å². The summed E-state index contributed by atoms with van der Waals surface area (Å²) in [7, 11) is 0. The van der Waals surface area contributed by atoms with Crippen molar-refractivity contribution in [2.45, 2.75) is 52.9 Å². The van der Waals surface area contributed by atoms with Crippen LogP contribution in [0.3, 0.4) is 0 Å². The number of carboxylic acid groups (broad SMARTS) is 1. The molecule has 11 heteroatoms. The van der Waals surface area contributed by atoms with Gasteiger partial charge in [0.1, 0.15) is 17.1 Å². The monoisotopic (exact) mass is 592 g/mol. The van der Waals surface area contributed by atoms with Crippen LogP contribution in [0, 0.1) is 6.92 Å². The van der Waals surface area contributed by atoms with Crippen LogP contribution in [0.1, 0.15) is 63.9 Å². The van der Waals surface area contributed by atoms with Crippen molar-refractivity contribution in [1.82, 2.24) is 9.97 Å². The summed E-state index contributed by atoms with van der Waals surface area (Å²) in [6, 6.07) is 16.4. The summed E-state index contributed by atoms with van der Waals surface area (Å²) in [6.07, 6.45) is -2.85. The minimum atomic E-state index is -4.80. The number of anilines is 2. The van der Waals surface area contributed by atoms with Gasteiger partial charge in [-0.05, 0) is 81.3 Å². The van der Waals surface area contributed by atoms with E-state index in [0.29, 0.717) is 17.8 Å². The molecule has 0 bridgehead atoms. The Kier molecular flexibility index (Phi) is 9.33. The van der Waals surface area contributed by atoms with Crippen LogP contribution >= 0.6 is 0 Å². The Morgan fingerprint density at radius 3 is 2.40 bits per heavy atom. The van der Waals surface area contributed by atoms with Crippen molar-refractivity contribution in [2.75, 3.05) is 10.2 Å². The molecule has 2 N–H and O–H groups in total. The standard InChI is InChI=1S/C32H31F3N4O4/c1-5-23-7-6-8-28(38-23)36-17-21-15-26(32(33,34)35)29(37-18-21)43-24-13-14-27(25(16-24)31(41)42)39(19(2)3)30(40)22-11-9-20(4)10-12-22/h6-16,18-19H,5,17H2,1-4H3,(H,36,38)(H,41,42). The molecule has 2 heterocycles. The van der Waals surface area contributed by atoms with Crippen LogP contribution in [0.2, 0.25) is 0 Å². The van der Waals surface area contributed by atoms with Crippen molar-refractivity contribution in [1.29, 1.82) is 0 Å². The minimum absolute atomic E-state index is 0.0361. The first-order chi connectivity index (χ1) is 20.4. The first-order valence-corrected chi connectivity index (χ1v) is 13.6. The van der Waals surface area contributed by atoms with Crippen LogP contribution in [-0.2, 0) is 19.1 Å². The summed E-state index contributed by atoms with van der Waals surface area (Å²) in [5.74, 6) is -2.20. The number of aryl methyl sites for hydroxylation is 2. The maximum absolute atomic E-state index is 14.0. The molecule has 0 radical (unpaired) electrons. The van der Waals surface area contributed by atoms with E-state index in [-0.39, 0.29) is 29.1 Å². The molecule has 0 spiro atoms. The molecule has 0 fully saturated rings. The van der Waals surface area contributed by atoms with Crippen molar-refractivity contribution in [3.63, 3.8) is 0 Å². The molecular formula is C32H31F3N4O4. The first kappa shape index (κ1) is 31.0. The van der Waals surface area contributed by atoms with E-state index in [0.717, 1.165) is 23.4 Å². The van der Waals surface area contributed by atoms with E-state index in [9.17, 15) is 27.9 Å². The van der Waals surface area contributed by atoms with Crippen molar-refractivity contribution >= 4 is 23.4 Å². The number of carbonyl (C=O) groups is 2. The largest absolute Gasteiger partial charge is 0.478 e. The molecule has 1 amide bonds. The lowest BCUT2D eigenvalue weighted by Gasteiger charge is -2.28. The minimum Gasteiger partial charge on any atom is -0.478 e. The first-order valence-electron chi connectivity index (χ1n) is 13.6. The van der Waals surface area contributed by atoms with Crippen LogP contribution in [0.5, 0.6) is 11.6 Å². The second-order valence-electron chi connectivity index (χ2n) is 10.1. The van der Waals surface area contributed by atoms with Gasteiger partial charge in [-0.3, -0.25) is 4.79 Å². The number of nitrogens with zero attached hydrogens (tertiary/aromatic N) is 3. The van der Waals surface area contributed by atoms with Crippen molar-refractivity contribution in [3.05, 3.63) is 106 Å². The number of nitrogens with one attached hydrogen (secondary N) is 1. The van der Waals surface area contributed by atoms with Crippen molar-refractivity contribution in [2.24, 2.45) is 0 Å². The molecule has 0 aliphatic rings. The predicted molar refractivity (Wildman–Crippen MR) is 157 cm³/mol. The van der Waals surface area contributed by atoms with Gasteiger partial charge >= 0.3 is 12.1 Å². The van der Waals surface area contributed by atoms with E-state index in [1.165, 1.54) is 23.2 Å². The zero-order valence-electron chi connectivity index (χ0n) is 24.1. The number of amides is 1. The number of halogens is 3. The summed E-state index contributed by atoms with van der Waals surface area (Å²) >= 11 is 0. The van der Waals surface area contributed by atoms with Gasteiger partial charge in [0, 0.05) is 30.0 Å². The number of pyridine rings is 2. The van der Waals surface area contributed by atoms with E-state index < -0.39 is 35.5 Å². The second kappa shape index (κ2) is 12.9. The van der Waals surface area contributed by atoms with Gasteiger partial charge in [-0.25, -0.2) is 14.8 Å². The van der Waals surface area contributed by atoms with Crippen LogP contribution in [0.25, 0.3) is 0 Å². The van der Waals surface area contributed by atoms with Gasteiger partial charge in [0.25, 0.3) is 5.91 Å². The van der Waals surface area contributed by atoms with Gasteiger partial charge in [0.2, 0.25) is 5.88 Å². The number of aromatic nitrogens is 2. The number of hydrogen-bond donors (Lipinski definition) is 2. The van der Waals surface area contributed by atoms with Gasteiger partial charge in [-0.1, -0.05) is 30.7 Å². The highest BCUT2D eigenvalue weighted by atomic mass is 19.4. The molecule has 0 saturated carbocycles. The molecule has 0 atom stereocenters. The molecule has 4 aromatic rings. The van der Waals surface area contributed by atoms with Crippen LogP contribution in [0.15, 0.2) is 72.9 Å². The van der Waals surface area contributed by atoms with E-state index >= 15 is 0 Å². The molecule has 224 valence electrons. The molecule has 0 saturated heterocycles. The topological polar surface area (TPSA) is 105 Å². The number of carbonyl (C=O) groups excluding carboxylic acids is 1. The highest BCUT2D eigenvalue weighted by Crippen LogP contribution is 2.38. The fourth-order valence-electron chi connectivity index (χ4n) is 4.37. The summed E-state index contributed by atoms with van der Waals surface area (Å²) < 4.78 is 47.6. The Hall–Kier alpha value is -4.93. The number of carboxylic acids is 1. The number of rotatable bonds is 10. The quantitative estimate of drug-likeness (QED) is 0.196. The van der Waals surface area contributed by atoms with Crippen molar-refractivity contribution in [3.8, 4) is 11.6 Å². The fourth-order valence-corrected chi connectivity index (χ4v) is 4.37. The molecule has 0 aliphatic heterocycles. The normalized spacial score (nSPS) is 11.3. The van der Waals surface area contributed by atoms with Gasteiger partial charge < -0.3 is 20.1 Å². The summed E-state index contributed by atoms with van der Waals surface area (Å²) in [5.41, 5.74) is 1.03. The fraction of sp³-hybridized carbons (Fsp3) is 0.250. The number of ether oxygens (including phenoxy) is 1. The highest BCUT2D eigenvalue weighted by Gasteiger charge is 2.36. The molecule has 2 aromatic heterocycles. The molecule has 0 aliphatic carbocycles. The Labute approximate surface area is 247 Å². The van der Waals surface area contributed by atoms with Gasteiger partial charge in [-0.15, -0.1) is 0 Å². The molecule has 4 rings (SSSR count). The lowest BCUT2D eigenvalue weighted by molar-refractivity contribution is -0.138. The van der Waals surface area contributed by atoms with Gasteiger partial charge in [0.15, 0.2) is 0 Å². The average molecular weight is 593 g/mol. The second-order valence-corrected chi connectivity index (χ2v) is 10.1. The van der Waals surface area contributed by atoms with Crippen LogP contribution < -0.4 is 15.0 Å². The summed E-state index contributed by atoms with van der Waals surface area (Å²) in [4.78, 5) is 35.2. The number of aromatic carboxylic acids is 1. The third-order valence-corrected chi connectivity index (χ3v) is 6.56. The lowest BCUT2D eigenvalue weighted by Crippen LogP contribution is -2.38. The van der Waals surface area contributed by atoms with E-state index in [1.54, 1.807) is 50.2 Å². The van der Waals surface area contributed by atoms with Crippen LogP contribution in [-0.4, -0.2) is 33.0 Å². The maximum atomic E-state index is 14.0. The Morgan fingerprint density at radius 2 is 1.77 bits per heavy atom. The predicted octanol–water partition coefficient (Wildman–Crippen LogP) is 7.52. The van der Waals surface area contributed by atoms with Gasteiger partial charge in [-0.2, -0.15) is 13.2 Å². The maximum Gasteiger partial charge on any atom is 0.421 e. The lowest BCUT2D eigenvalue weighted by atomic mass is 10.1. The SMILES string of the molecule is CCc1cccc(NCc2cnc(Oc3ccc(N(C(=O)c4ccc(C)cc4)C(C)C)c(C(=O)O)c3)c(C(F)(F)F)c2)n1. The number of benzene rings is 2. The summed E-state index contributed by atoms with van der Waals surface area (Å²) in [6.45, 7) is 7.32. The zero-order chi connectivity index (χ0) is 31.3. The summed E-state index contributed by atoms with van der Waals surface area (Å²) in [5, 5.41) is 13.0.